The highest BCUT2D eigenvalue weighted by atomic mass is 15.2. The lowest BCUT2D eigenvalue weighted by Crippen LogP contribution is -2.39. The molecule has 0 atom stereocenters. The van der Waals surface area contributed by atoms with Crippen LogP contribution in [-0.2, 0) is 0 Å². The second-order valence-electron chi connectivity index (χ2n) is 2.11. The van der Waals surface area contributed by atoms with Gasteiger partial charge in [0.15, 0.2) is 0 Å². The lowest BCUT2D eigenvalue weighted by atomic mass is 10.4. The Morgan fingerprint density at radius 2 is 2.00 bits per heavy atom. The predicted octanol–water partition coefficient (Wildman–Crippen LogP) is -0.0737. The Labute approximate surface area is 50.9 Å². The van der Waals surface area contributed by atoms with Crippen molar-refractivity contribution in [1.82, 2.24) is 10.2 Å². The van der Waals surface area contributed by atoms with Crippen LogP contribution in [0.5, 0.6) is 0 Å². The van der Waals surface area contributed by atoms with Crippen molar-refractivity contribution in [3.63, 3.8) is 0 Å². The zero-order chi connectivity index (χ0) is 5.82. The molecule has 0 spiro atoms. The van der Waals surface area contributed by atoms with Crippen molar-refractivity contribution in [2.75, 3.05) is 32.7 Å². The molecule has 1 aliphatic rings. The van der Waals surface area contributed by atoms with Crippen LogP contribution in [0.1, 0.15) is 6.92 Å². The molecule has 0 bridgehead atoms. The zero-order valence-electron chi connectivity index (χ0n) is 5.43. The Bertz CT molecular complexity index is 57.5. The van der Waals surface area contributed by atoms with Gasteiger partial charge in [0.2, 0.25) is 0 Å². The largest absolute Gasteiger partial charge is 0.301 e. The summed E-state index contributed by atoms with van der Waals surface area (Å²) in [5.41, 5.74) is 0. The Kier molecular flexibility index (Phi) is 2.30. The summed E-state index contributed by atoms with van der Waals surface area (Å²) in [5.74, 6) is 0. The first-order valence-electron chi connectivity index (χ1n) is 3.29. The van der Waals surface area contributed by atoms with Crippen LogP contribution in [0.3, 0.4) is 0 Å². The molecular weight excluding hydrogens is 100 g/mol. The average Bonchev–Trinajstić information content (AvgIpc) is 1.90. The fourth-order valence-electron chi connectivity index (χ4n) is 0.964. The normalized spacial score (nSPS) is 23.6. The van der Waals surface area contributed by atoms with Crippen molar-refractivity contribution in [3.8, 4) is 0 Å². The lowest BCUT2D eigenvalue weighted by Gasteiger charge is -2.24. The van der Waals surface area contributed by atoms with Gasteiger partial charge in [-0.25, -0.2) is 5.32 Å². The monoisotopic (exact) mass is 113 g/mol. The number of likely N-dealkylation sites (N-methyl/N-ethyl adjacent to an activating group) is 1. The SMILES string of the molecule is CCN1CC[N]CC1. The molecule has 0 aromatic carbocycles. The third kappa shape index (κ3) is 1.46. The molecule has 0 aliphatic carbocycles. The second kappa shape index (κ2) is 3.05. The third-order valence-corrected chi connectivity index (χ3v) is 1.60. The molecule has 1 heterocycles. The van der Waals surface area contributed by atoms with E-state index in [0.717, 1.165) is 13.1 Å². The van der Waals surface area contributed by atoms with Crippen molar-refractivity contribution in [3.05, 3.63) is 0 Å². The molecule has 0 aromatic rings. The summed E-state index contributed by atoms with van der Waals surface area (Å²) in [6, 6.07) is 0. The van der Waals surface area contributed by atoms with Gasteiger partial charge < -0.3 is 4.90 Å². The van der Waals surface area contributed by atoms with E-state index in [2.05, 4.69) is 17.1 Å². The number of rotatable bonds is 1. The fraction of sp³-hybridized carbons (Fsp3) is 1.00. The van der Waals surface area contributed by atoms with E-state index in [1.165, 1.54) is 19.6 Å². The Morgan fingerprint density at radius 3 is 2.38 bits per heavy atom. The summed E-state index contributed by atoms with van der Waals surface area (Å²) >= 11 is 0. The highest BCUT2D eigenvalue weighted by Gasteiger charge is 2.05. The molecule has 47 valence electrons. The van der Waals surface area contributed by atoms with Crippen LogP contribution in [0.4, 0.5) is 0 Å². The molecule has 0 amide bonds. The zero-order valence-corrected chi connectivity index (χ0v) is 5.43. The maximum absolute atomic E-state index is 4.23. The van der Waals surface area contributed by atoms with Gasteiger partial charge in [-0.05, 0) is 6.54 Å². The van der Waals surface area contributed by atoms with Gasteiger partial charge in [-0.1, -0.05) is 6.92 Å². The van der Waals surface area contributed by atoms with Crippen LogP contribution >= 0.6 is 0 Å². The minimum absolute atomic E-state index is 1.05. The Morgan fingerprint density at radius 1 is 1.38 bits per heavy atom. The van der Waals surface area contributed by atoms with E-state index in [-0.39, 0.29) is 0 Å². The topological polar surface area (TPSA) is 17.3 Å². The first kappa shape index (κ1) is 6.05. The van der Waals surface area contributed by atoms with Gasteiger partial charge >= 0.3 is 0 Å². The van der Waals surface area contributed by atoms with Crippen LogP contribution in [0.15, 0.2) is 0 Å². The molecule has 1 saturated heterocycles. The standard InChI is InChI=1S/C6H13N2/c1-2-8-5-3-7-4-6-8/h2-6H2,1H3. The minimum Gasteiger partial charge on any atom is -0.301 e. The van der Waals surface area contributed by atoms with Crippen molar-refractivity contribution in [2.24, 2.45) is 0 Å². The van der Waals surface area contributed by atoms with E-state index in [1.54, 1.807) is 0 Å². The van der Waals surface area contributed by atoms with Gasteiger partial charge in [-0.2, -0.15) is 0 Å². The van der Waals surface area contributed by atoms with Crippen molar-refractivity contribution < 1.29 is 0 Å². The van der Waals surface area contributed by atoms with Gasteiger partial charge in [0.25, 0.3) is 0 Å². The van der Waals surface area contributed by atoms with Gasteiger partial charge in [0.1, 0.15) is 0 Å². The maximum atomic E-state index is 4.23. The minimum atomic E-state index is 1.05. The molecule has 1 aliphatic heterocycles. The third-order valence-electron chi connectivity index (χ3n) is 1.60. The number of nitrogens with zero attached hydrogens (tertiary/aromatic N) is 2. The van der Waals surface area contributed by atoms with E-state index < -0.39 is 0 Å². The van der Waals surface area contributed by atoms with Crippen LogP contribution in [0.2, 0.25) is 0 Å². The Hall–Kier alpha value is -0.0800. The molecule has 0 aromatic heterocycles. The molecule has 2 heteroatoms. The van der Waals surface area contributed by atoms with Gasteiger partial charge in [-0.15, -0.1) is 0 Å². The summed E-state index contributed by atoms with van der Waals surface area (Å²) in [6.45, 7) is 7.84. The van der Waals surface area contributed by atoms with Crippen LogP contribution in [-0.4, -0.2) is 37.6 Å². The quantitative estimate of drug-likeness (QED) is 0.465. The van der Waals surface area contributed by atoms with Crippen LogP contribution in [0.25, 0.3) is 0 Å². The predicted molar refractivity (Wildman–Crippen MR) is 34.0 cm³/mol. The molecule has 1 fully saturated rings. The van der Waals surface area contributed by atoms with Crippen molar-refractivity contribution >= 4 is 0 Å². The van der Waals surface area contributed by atoms with Crippen molar-refractivity contribution in [2.45, 2.75) is 6.92 Å². The highest BCUT2D eigenvalue weighted by molar-refractivity contribution is 4.64. The fourth-order valence-corrected chi connectivity index (χ4v) is 0.964. The van der Waals surface area contributed by atoms with Crippen LogP contribution in [0, 0.1) is 0 Å². The second-order valence-corrected chi connectivity index (χ2v) is 2.11. The van der Waals surface area contributed by atoms with E-state index >= 15 is 0 Å². The maximum Gasteiger partial charge on any atom is 0.0261 e. The molecule has 1 rings (SSSR count). The summed E-state index contributed by atoms with van der Waals surface area (Å²) in [7, 11) is 0. The lowest BCUT2D eigenvalue weighted by molar-refractivity contribution is 0.250. The molecular formula is C6H13N2. The molecule has 2 nitrogen and oxygen atoms in total. The van der Waals surface area contributed by atoms with Crippen LogP contribution < -0.4 is 5.32 Å². The summed E-state index contributed by atoms with van der Waals surface area (Å²) in [6.07, 6.45) is 0. The average molecular weight is 113 g/mol. The van der Waals surface area contributed by atoms with E-state index in [9.17, 15) is 0 Å². The summed E-state index contributed by atoms with van der Waals surface area (Å²) < 4.78 is 0. The van der Waals surface area contributed by atoms with E-state index in [0.29, 0.717) is 0 Å². The molecule has 1 radical (unpaired) electrons. The van der Waals surface area contributed by atoms with Crippen molar-refractivity contribution in [1.29, 1.82) is 0 Å². The molecule has 0 N–H and O–H groups in total. The van der Waals surface area contributed by atoms with E-state index in [4.69, 9.17) is 0 Å². The number of hydrogen-bond acceptors (Lipinski definition) is 1. The van der Waals surface area contributed by atoms with Gasteiger partial charge in [-0.3, -0.25) is 0 Å². The molecule has 8 heavy (non-hydrogen) atoms. The van der Waals surface area contributed by atoms with Gasteiger partial charge in [0.05, 0.1) is 0 Å². The Balaban J connectivity index is 2.13. The smallest absolute Gasteiger partial charge is 0.0261 e. The first-order chi connectivity index (χ1) is 3.93. The van der Waals surface area contributed by atoms with Gasteiger partial charge in [0, 0.05) is 26.2 Å². The summed E-state index contributed by atoms with van der Waals surface area (Å²) in [5, 5.41) is 4.23. The molecule has 0 saturated carbocycles. The highest BCUT2D eigenvalue weighted by Crippen LogP contribution is 1.89. The first-order valence-corrected chi connectivity index (χ1v) is 3.29. The number of piperazine rings is 1. The van der Waals surface area contributed by atoms with E-state index in [1.807, 2.05) is 0 Å². The summed E-state index contributed by atoms with van der Waals surface area (Å²) in [4.78, 5) is 2.42. The number of hydrogen-bond donors (Lipinski definition) is 0. The molecule has 0 unspecified atom stereocenters.